The zero-order valence-electron chi connectivity index (χ0n) is 22.2. The number of piperazine rings is 1. The molecule has 1 aliphatic rings. The Morgan fingerprint density at radius 3 is 2.70 bits per heavy atom. The van der Waals surface area contributed by atoms with E-state index in [-0.39, 0.29) is 5.56 Å². The van der Waals surface area contributed by atoms with E-state index >= 15 is 0 Å². The average Bonchev–Trinajstić information content (AvgIpc) is 3.72. The first-order chi connectivity index (χ1) is 19.5. The zero-order chi connectivity index (χ0) is 27.2. The number of fused-ring (bicyclic) bond motifs is 2. The van der Waals surface area contributed by atoms with Gasteiger partial charge in [0.1, 0.15) is 18.3 Å². The van der Waals surface area contributed by atoms with Gasteiger partial charge in [-0.25, -0.2) is 9.67 Å². The van der Waals surface area contributed by atoms with Gasteiger partial charge >= 0.3 is 0 Å². The van der Waals surface area contributed by atoms with E-state index in [1.807, 2.05) is 37.3 Å². The summed E-state index contributed by atoms with van der Waals surface area (Å²) in [6.45, 7) is 7.46. The van der Waals surface area contributed by atoms with Crippen LogP contribution >= 0.6 is 11.3 Å². The molecule has 0 unspecified atom stereocenters. The fraction of sp³-hybridized carbons (Fsp3) is 0.276. The number of rotatable bonds is 6. The lowest BCUT2D eigenvalue weighted by Gasteiger charge is -2.38. The largest absolute Gasteiger partial charge is 0.467 e. The Morgan fingerprint density at radius 1 is 1.05 bits per heavy atom. The number of anilines is 1. The van der Waals surface area contributed by atoms with Crippen molar-refractivity contribution >= 4 is 37.6 Å². The summed E-state index contributed by atoms with van der Waals surface area (Å²) in [4.78, 5) is 26.3. The minimum atomic E-state index is -0.434. The molecular formula is C29H28N8O2S. The molecule has 5 heterocycles. The molecule has 0 saturated carbocycles. The fourth-order valence-corrected chi connectivity index (χ4v) is 6.66. The van der Waals surface area contributed by atoms with Gasteiger partial charge in [-0.2, -0.15) is 0 Å². The van der Waals surface area contributed by atoms with E-state index in [1.54, 1.807) is 22.3 Å². The summed E-state index contributed by atoms with van der Waals surface area (Å²) in [6, 6.07) is 17.7. The van der Waals surface area contributed by atoms with E-state index in [0.29, 0.717) is 17.9 Å². The van der Waals surface area contributed by atoms with E-state index in [0.717, 1.165) is 64.6 Å². The summed E-state index contributed by atoms with van der Waals surface area (Å²) in [5, 5.41) is 14.8. The van der Waals surface area contributed by atoms with Crippen LogP contribution in [0.5, 0.6) is 0 Å². The number of aryl methyl sites for hydroxylation is 2. The van der Waals surface area contributed by atoms with E-state index in [4.69, 9.17) is 9.40 Å². The molecular weight excluding hydrogens is 524 g/mol. The van der Waals surface area contributed by atoms with Gasteiger partial charge in [0.25, 0.3) is 5.56 Å². The van der Waals surface area contributed by atoms with Gasteiger partial charge in [0.15, 0.2) is 11.0 Å². The summed E-state index contributed by atoms with van der Waals surface area (Å²) in [5.41, 5.74) is 4.56. The number of hydrogen-bond acceptors (Lipinski definition) is 9. The predicted octanol–water partition coefficient (Wildman–Crippen LogP) is 4.29. The summed E-state index contributed by atoms with van der Waals surface area (Å²) in [5.74, 6) is 1.35. The standard InChI is InChI=1S/C29H28N8O2S/c1-18-14-19(2)25-20(15-18)16-22(28(38)31-25)26(27-32-33-34-37(27)17-21-6-5-13-39-21)35-9-11-36(12-10-35)29-30-23-7-3-4-8-24(23)40-29/h3-8,13-16,26H,9-12,17H2,1-2H3,(H,31,38)/t26-/m1/s1. The predicted molar refractivity (Wildman–Crippen MR) is 155 cm³/mol. The van der Waals surface area contributed by atoms with Crippen molar-refractivity contribution in [1.29, 1.82) is 0 Å². The molecule has 2 aromatic carbocycles. The Morgan fingerprint density at radius 2 is 1.90 bits per heavy atom. The van der Waals surface area contributed by atoms with E-state index < -0.39 is 6.04 Å². The minimum absolute atomic E-state index is 0.134. The molecule has 7 rings (SSSR count). The monoisotopic (exact) mass is 552 g/mol. The number of nitrogens with one attached hydrogen (secondary N) is 1. The van der Waals surface area contributed by atoms with Crippen LogP contribution in [0.15, 0.2) is 70.1 Å². The molecule has 1 N–H and O–H groups in total. The van der Waals surface area contributed by atoms with Crippen molar-refractivity contribution < 1.29 is 4.42 Å². The lowest BCUT2D eigenvalue weighted by molar-refractivity contribution is 0.200. The minimum Gasteiger partial charge on any atom is -0.467 e. The maximum absolute atomic E-state index is 13.7. The molecule has 0 aliphatic carbocycles. The van der Waals surface area contributed by atoms with Crippen molar-refractivity contribution in [2.45, 2.75) is 26.4 Å². The Hall–Kier alpha value is -4.35. The number of nitrogens with zero attached hydrogens (tertiary/aromatic N) is 7. The van der Waals surface area contributed by atoms with Gasteiger partial charge in [-0.1, -0.05) is 35.1 Å². The van der Waals surface area contributed by atoms with Crippen LogP contribution in [0.2, 0.25) is 0 Å². The van der Waals surface area contributed by atoms with Crippen molar-refractivity contribution in [2.24, 2.45) is 0 Å². The number of tetrazole rings is 1. The van der Waals surface area contributed by atoms with Gasteiger partial charge in [-0.15, -0.1) is 5.10 Å². The number of hydrogen-bond donors (Lipinski definition) is 1. The highest BCUT2D eigenvalue weighted by Crippen LogP contribution is 2.32. The van der Waals surface area contributed by atoms with Gasteiger partial charge in [-0.3, -0.25) is 9.69 Å². The number of H-pyrrole nitrogens is 1. The Balaban J connectivity index is 1.27. The van der Waals surface area contributed by atoms with E-state index in [1.165, 1.54) is 4.70 Å². The van der Waals surface area contributed by atoms with Gasteiger partial charge in [0, 0.05) is 31.7 Å². The lowest BCUT2D eigenvalue weighted by Crippen LogP contribution is -2.49. The topological polar surface area (TPSA) is 109 Å². The van der Waals surface area contributed by atoms with Crippen LogP contribution in [0, 0.1) is 13.8 Å². The van der Waals surface area contributed by atoms with Crippen LogP contribution in [0.3, 0.4) is 0 Å². The number of para-hydroxylation sites is 1. The van der Waals surface area contributed by atoms with E-state index in [2.05, 4.69) is 61.5 Å². The third kappa shape index (κ3) is 4.46. The first-order valence-corrected chi connectivity index (χ1v) is 14.1. The third-order valence-corrected chi connectivity index (χ3v) is 8.64. The molecule has 11 heteroatoms. The molecule has 6 aromatic rings. The number of aromatic amines is 1. The second-order valence-corrected chi connectivity index (χ2v) is 11.3. The SMILES string of the molecule is Cc1cc(C)c2[nH]c(=O)c([C@H](c3nnnn3Cc3ccco3)N3CCN(c4nc5ccccc5s4)CC3)cc2c1. The zero-order valence-corrected chi connectivity index (χ0v) is 23.1. The first-order valence-electron chi connectivity index (χ1n) is 13.3. The van der Waals surface area contributed by atoms with Crippen LogP contribution in [-0.4, -0.2) is 61.3 Å². The maximum atomic E-state index is 13.7. The highest BCUT2D eigenvalue weighted by atomic mass is 32.1. The van der Waals surface area contributed by atoms with Crippen LogP contribution in [0.25, 0.3) is 21.1 Å². The summed E-state index contributed by atoms with van der Waals surface area (Å²) in [6.07, 6.45) is 1.64. The molecule has 0 amide bonds. The van der Waals surface area contributed by atoms with Gasteiger partial charge in [0.2, 0.25) is 0 Å². The molecule has 202 valence electrons. The summed E-state index contributed by atoms with van der Waals surface area (Å²) >= 11 is 1.71. The highest BCUT2D eigenvalue weighted by molar-refractivity contribution is 7.22. The second-order valence-electron chi connectivity index (χ2n) is 10.3. The molecule has 1 fully saturated rings. The Labute approximate surface area is 233 Å². The van der Waals surface area contributed by atoms with Crippen LogP contribution < -0.4 is 10.5 Å². The number of aromatic nitrogens is 6. The van der Waals surface area contributed by atoms with Crippen LogP contribution in [0.4, 0.5) is 5.13 Å². The first kappa shape index (κ1) is 24.7. The lowest BCUT2D eigenvalue weighted by atomic mass is 10.00. The molecule has 1 atom stereocenters. The second kappa shape index (κ2) is 10.00. The van der Waals surface area contributed by atoms with Crippen molar-refractivity contribution in [2.75, 3.05) is 31.1 Å². The van der Waals surface area contributed by atoms with Crippen molar-refractivity contribution in [1.82, 2.24) is 35.1 Å². The highest BCUT2D eigenvalue weighted by Gasteiger charge is 2.33. The van der Waals surface area contributed by atoms with Gasteiger partial charge in [-0.05, 0) is 71.6 Å². The number of benzene rings is 2. The molecule has 1 aliphatic heterocycles. The van der Waals surface area contributed by atoms with Crippen molar-refractivity contribution in [3.8, 4) is 0 Å². The number of thiazole rings is 1. The van der Waals surface area contributed by atoms with Crippen molar-refractivity contribution in [3.05, 3.63) is 99.5 Å². The quantitative estimate of drug-likeness (QED) is 0.326. The Bertz CT molecular complexity index is 1830. The molecule has 1 saturated heterocycles. The molecule has 10 nitrogen and oxygen atoms in total. The molecule has 40 heavy (non-hydrogen) atoms. The molecule has 0 spiro atoms. The maximum Gasteiger partial charge on any atom is 0.253 e. The number of furan rings is 1. The Kier molecular flexibility index (Phi) is 6.17. The molecule has 0 radical (unpaired) electrons. The van der Waals surface area contributed by atoms with Gasteiger partial charge < -0.3 is 14.3 Å². The van der Waals surface area contributed by atoms with Gasteiger partial charge in [0.05, 0.1) is 22.0 Å². The summed E-state index contributed by atoms with van der Waals surface area (Å²) < 4.78 is 8.49. The smallest absolute Gasteiger partial charge is 0.253 e. The number of pyridine rings is 1. The van der Waals surface area contributed by atoms with E-state index in [9.17, 15) is 4.79 Å². The van der Waals surface area contributed by atoms with Crippen molar-refractivity contribution in [3.63, 3.8) is 0 Å². The third-order valence-electron chi connectivity index (χ3n) is 7.54. The van der Waals surface area contributed by atoms with Crippen LogP contribution in [0.1, 0.15) is 34.3 Å². The summed E-state index contributed by atoms with van der Waals surface area (Å²) in [7, 11) is 0. The normalized spacial score (nSPS) is 15.3. The fourth-order valence-electron chi connectivity index (χ4n) is 5.64. The molecule has 0 bridgehead atoms. The molecule has 4 aromatic heterocycles. The van der Waals surface area contributed by atoms with Crippen LogP contribution in [-0.2, 0) is 6.54 Å². The average molecular weight is 553 g/mol.